The molecular weight excluding hydrogens is 275 g/mol. The maximum atomic E-state index is 5.92. The molecule has 2 aliphatic rings. The molecule has 2 fully saturated rings. The highest BCUT2D eigenvalue weighted by Gasteiger charge is 2.53. The minimum Gasteiger partial charge on any atom is -0.375 e. The summed E-state index contributed by atoms with van der Waals surface area (Å²) >= 11 is 2.63. The number of ether oxygens (including phenoxy) is 1. The Balaban J connectivity index is 2.28. The molecule has 13 heavy (non-hydrogen) atoms. The highest BCUT2D eigenvalue weighted by molar-refractivity contribution is 14.1. The van der Waals surface area contributed by atoms with Gasteiger partial charge in [0.05, 0.1) is 5.60 Å². The molecule has 0 radical (unpaired) electrons. The van der Waals surface area contributed by atoms with Crippen LogP contribution in [0.1, 0.15) is 40.0 Å². The van der Waals surface area contributed by atoms with Gasteiger partial charge in [0.2, 0.25) is 0 Å². The molecule has 3 atom stereocenters. The van der Waals surface area contributed by atoms with Crippen LogP contribution in [0.15, 0.2) is 0 Å². The SMILES string of the molecule is CC1(C)[C@@H](I)CC[C@]2(C)OCC[C@@H]12. The summed E-state index contributed by atoms with van der Waals surface area (Å²) in [5.74, 6) is 0.774. The van der Waals surface area contributed by atoms with E-state index in [2.05, 4.69) is 43.4 Å². The molecule has 1 nitrogen and oxygen atoms in total. The number of alkyl halides is 1. The van der Waals surface area contributed by atoms with Gasteiger partial charge in [-0.05, 0) is 37.5 Å². The summed E-state index contributed by atoms with van der Waals surface area (Å²) in [5.41, 5.74) is 0.662. The van der Waals surface area contributed by atoms with Crippen LogP contribution < -0.4 is 0 Å². The second kappa shape index (κ2) is 3.09. The van der Waals surface area contributed by atoms with Crippen LogP contribution in [0, 0.1) is 11.3 Å². The van der Waals surface area contributed by atoms with Crippen LogP contribution in [-0.2, 0) is 4.74 Å². The zero-order chi connectivity index (χ0) is 9.69. The molecule has 0 aromatic carbocycles. The molecule has 0 bridgehead atoms. The monoisotopic (exact) mass is 294 g/mol. The average molecular weight is 294 g/mol. The van der Waals surface area contributed by atoms with Gasteiger partial charge in [-0.15, -0.1) is 0 Å². The van der Waals surface area contributed by atoms with Crippen molar-refractivity contribution in [2.24, 2.45) is 11.3 Å². The molecule has 1 heterocycles. The van der Waals surface area contributed by atoms with Crippen LogP contribution >= 0.6 is 22.6 Å². The Morgan fingerprint density at radius 3 is 2.62 bits per heavy atom. The standard InChI is InChI=1S/C11H19IO/c1-10(2)8-5-7-13-11(8,3)6-4-9(10)12/h8-9H,4-7H2,1-3H3/t8-,9-,11-/m0/s1. The summed E-state index contributed by atoms with van der Waals surface area (Å²) in [6, 6.07) is 0. The van der Waals surface area contributed by atoms with E-state index in [1.54, 1.807) is 0 Å². The van der Waals surface area contributed by atoms with E-state index in [1.807, 2.05) is 0 Å². The molecule has 0 N–H and O–H groups in total. The largest absolute Gasteiger partial charge is 0.375 e. The van der Waals surface area contributed by atoms with Crippen molar-refractivity contribution in [2.75, 3.05) is 6.61 Å². The molecule has 1 aliphatic carbocycles. The van der Waals surface area contributed by atoms with E-state index in [0.717, 1.165) is 16.4 Å². The highest BCUT2D eigenvalue weighted by Crippen LogP contribution is 2.54. The number of hydrogen-bond donors (Lipinski definition) is 0. The third-order valence-electron chi connectivity index (χ3n) is 4.18. The molecule has 1 saturated heterocycles. The Morgan fingerprint density at radius 2 is 1.92 bits per heavy atom. The molecule has 0 aromatic heterocycles. The van der Waals surface area contributed by atoms with E-state index in [1.165, 1.54) is 19.3 Å². The molecule has 76 valence electrons. The summed E-state index contributed by atoms with van der Waals surface area (Å²) in [6.45, 7) is 8.13. The van der Waals surface area contributed by atoms with E-state index in [-0.39, 0.29) is 5.60 Å². The van der Waals surface area contributed by atoms with Gasteiger partial charge < -0.3 is 4.74 Å². The summed E-state index contributed by atoms with van der Waals surface area (Å²) in [5, 5.41) is 0. The van der Waals surface area contributed by atoms with Gasteiger partial charge in [-0.1, -0.05) is 36.4 Å². The first-order chi connectivity index (χ1) is 5.97. The van der Waals surface area contributed by atoms with E-state index >= 15 is 0 Å². The first-order valence-electron chi connectivity index (χ1n) is 5.25. The lowest BCUT2D eigenvalue weighted by Gasteiger charge is -2.49. The minimum atomic E-state index is 0.200. The average Bonchev–Trinajstić information content (AvgIpc) is 2.43. The molecule has 2 heteroatoms. The lowest BCUT2D eigenvalue weighted by Crippen LogP contribution is -2.49. The van der Waals surface area contributed by atoms with Crippen LogP contribution in [0.4, 0.5) is 0 Å². The third kappa shape index (κ3) is 1.44. The normalized spacial score (nSPS) is 48.9. The van der Waals surface area contributed by atoms with Crippen LogP contribution in [0.25, 0.3) is 0 Å². The third-order valence-corrected chi connectivity index (χ3v) is 6.40. The van der Waals surface area contributed by atoms with Crippen LogP contribution in [0.2, 0.25) is 0 Å². The van der Waals surface area contributed by atoms with Gasteiger partial charge in [-0.25, -0.2) is 0 Å². The fraction of sp³-hybridized carbons (Fsp3) is 1.00. The van der Waals surface area contributed by atoms with E-state index in [4.69, 9.17) is 4.74 Å². The Hall–Kier alpha value is 0.690. The molecule has 0 amide bonds. The number of fused-ring (bicyclic) bond motifs is 1. The smallest absolute Gasteiger partial charge is 0.0689 e. The maximum Gasteiger partial charge on any atom is 0.0689 e. The summed E-state index contributed by atoms with van der Waals surface area (Å²) in [7, 11) is 0. The van der Waals surface area contributed by atoms with Gasteiger partial charge in [0.1, 0.15) is 0 Å². The van der Waals surface area contributed by atoms with Crippen molar-refractivity contribution < 1.29 is 4.74 Å². The van der Waals surface area contributed by atoms with Crippen molar-refractivity contribution in [3.05, 3.63) is 0 Å². The van der Waals surface area contributed by atoms with Crippen LogP contribution in [0.5, 0.6) is 0 Å². The van der Waals surface area contributed by atoms with Gasteiger partial charge >= 0.3 is 0 Å². The zero-order valence-electron chi connectivity index (χ0n) is 8.77. The van der Waals surface area contributed by atoms with Crippen molar-refractivity contribution in [3.63, 3.8) is 0 Å². The highest BCUT2D eigenvalue weighted by atomic mass is 127. The Kier molecular flexibility index (Phi) is 2.43. The van der Waals surface area contributed by atoms with Gasteiger partial charge in [0, 0.05) is 10.5 Å². The first kappa shape index (κ1) is 10.2. The second-order valence-electron chi connectivity index (χ2n) is 5.33. The van der Waals surface area contributed by atoms with Crippen molar-refractivity contribution >= 4 is 22.6 Å². The lowest BCUT2D eigenvalue weighted by atomic mass is 9.62. The van der Waals surface area contributed by atoms with Gasteiger partial charge in [-0.2, -0.15) is 0 Å². The van der Waals surface area contributed by atoms with Gasteiger partial charge in [0.15, 0.2) is 0 Å². The van der Waals surface area contributed by atoms with Gasteiger partial charge in [0.25, 0.3) is 0 Å². The van der Waals surface area contributed by atoms with E-state index in [9.17, 15) is 0 Å². The molecule has 1 saturated carbocycles. The molecule has 1 aliphatic heterocycles. The fourth-order valence-electron chi connectivity index (χ4n) is 3.22. The van der Waals surface area contributed by atoms with Crippen molar-refractivity contribution in [1.29, 1.82) is 0 Å². The molecule has 0 spiro atoms. The van der Waals surface area contributed by atoms with Crippen molar-refractivity contribution in [3.8, 4) is 0 Å². The molecule has 0 aromatic rings. The Labute approximate surface area is 94.8 Å². The zero-order valence-corrected chi connectivity index (χ0v) is 10.9. The summed E-state index contributed by atoms with van der Waals surface area (Å²) < 4.78 is 6.75. The first-order valence-corrected chi connectivity index (χ1v) is 6.49. The Morgan fingerprint density at radius 1 is 1.23 bits per heavy atom. The number of halogens is 1. The van der Waals surface area contributed by atoms with E-state index < -0.39 is 0 Å². The van der Waals surface area contributed by atoms with Crippen molar-refractivity contribution in [2.45, 2.75) is 49.6 Å². The number of rotatable bonds is 0. The fourth-order valence-corrected chi connectivity index (χ4v) is 3.97. The van der Waals surface area contributed by atoms with Crippen LogP contribution in [-0.4, -0.2) is 16.1 Å². The minimum absolute atomic E-state index is 0.200. The molecule has 2 rings (SSSR count). The summed E-state index contributed by atoms with van der Waals surface area (Å²) in [6.07, 6.45) is 3.85. The van der Waals surface area contributed by atoms with Crippen molar-refractivity contribution in [1.82, 2.24) is 0 Å². The predicted octanol–water partition coefficient (Wildman–Crippen LogP) is 3.41. The Bertz CT molecular complexity index is 214. The quantitative estimate of drug-likeness (QED) is 0.491. The number of hydrogen-bond acceptors (Lipinski definition) is 1. The molecule has 0 unspecified atom stereocenters. The molecular formula is C11H19IO. The van der Waals surface area contributed by atoms with E-state index in [0.29, 0.717) is 5.41 Å². The van der Waals surface area contributed by atoms with Crippen LogP contribution in [0.3, 0.4) is 0 Å². The van der Waals surface area contributed by atoms with Gasteiger partial charge in [-0.3, -0.25) is 0 Å². The lowest BCUT2D eigenvalue weighted by molar-refractivity contribution is -0.0651. The summed E-state index contributed by atoms with van der Waals surface area (Å²) in [4.78, 5) is 0. The second-order valence-corrected chi connectivity index (χ2v) is 6.83. The maximum absolute atomic E-state index is 5.92. The predicted molar refractivity (Wildman–Crippen MR) is 63.3 cm³/mol. The topological polar surface area (TPSA) is 9.23 Å².